The van der Waals surface area contributed by atoms with Gasteiger partial charge in [-0.05, 0) is 31.1 Å². The highest BCUT2D eigenvalue weighted by atomic mass is 16.5. The highest BCUT2D eigenvalue weighted by Crippen LogP contribution is 2.35. The second-order valence-corrected chi connectivity index (χ2v) is 4.43. The van der Waals surface area contributed by atoms with Crippen LogP contribution in [0.5, 0.6) is 0 Å². The van der Waals surface area contributed by atoms with Crippen molar-refractivity contribution in [2.75, 3.05) is 13.2 Å². The van der Waals surface area contributed by atoms with E-state index in [1.807, 2.05) is 0 Å². The molecule has 1 saturated heterocycles. The van der Waals surface area contributed by atoms with Crippen molar-refractivity contribution < 1.29 is 4.74 Å². The Morgan fingerprint density at radius 2 is 2.23 bits per heavy atom. The lowest BCUT2D eigenvalue weighted by Crippen LogP contribution is -2.44. The van der Waals surface area contributed by atoms with E-state index in [1.165, 1.54) is 32.1 Å². The van der Waals surface area contributed by atoms with E-state index >= 15 is 0 Å². The molecular weight excluding hydrogens is 164 g/mol. The normalized spacial score (nSPS) is 31.6. The summed E-state index contributed by atoms with van der Waals surface area (Å²) in [4.78, 5) is 0. The molecule has 2 fully saturated rings. The molecule has 0 aromatic heterocycles. The fraction of sp³-hybridized carbons (Fsp3) is 1.00. The summed E-state index contributed by atoms with van der Waals surface area (Å²) in [5.41, 5.74) is 2.96. The van der Waals surface area contributed by atoms with Crippen LogP contribution in [0.15, 0.2) is 0 Å². The molecule has 0 radical (unpaired) electrons. The van der Waals surface area contributed by atoms with Crippen LogP contribution in [0.3, 0.4) is 0 Å². The van der Waals surface area contributed by atoms with E-state index in [0.717, 1.165) is 19.1 Å². The molecule has 2 unspecified atom stereocenters. The number of hydrazine groups is 1. The maximum atomic E-state index is 5.57. The Kier molecular flexibility index (Phi) is 3.19. The van der Waals surface area contributed by atoms with Crippen LogP contribution in [0.4, 0.5) is 0 Å². The largest absolute Gasteiger partial charge is 0.381 e. The Morgan fingerprint density at radius 3 is 2.77 bits per heavy atom. The van der Waals surface area contributed by atoms with Crippen molar-refractivity contribution in [2.24, 2.45) is 17.7 Å². The van der Waals surface area contributed by atoms with Crippen molar-refractivity contribution in [2.45, 2.75) is 38.1 Å². The maximum Gasteiger partial charge on any atom is 0.0509 e. The van der Waals surface area contributed by atoms with Crippen molar-refractivity contribution in [1.29, 1.82) is 0 Å². The quantitative estimate of drug-likeness (QED) is 0.507. The van der Waals surface area contributed by atoms with Crippen molar-refractivity contribution >= 4 is 0 Å². The first-order valence-corrected chi connectivity index (χ1v) is 5.44. The lowest BCUT2D eigenvalue weighted by Gasteiger charge is -2.29. The number of ether oxygens (including phenoxy) is 1. The average Bonchev–Trinajstić information content (AvgIpc) is 2.99. The molecule has 2 atom stereocenters. The number of nitrogens with two attached hydrogens (primary N) is 1. The third-order valence-corrected chi connectivity index (χ3v) is 3.26. The summed E-state index contributed by atoms with van der Waals surface area (Å²) in [6.45, 7) is 1.85. The summed E-state index contributed by atoms with van der Waals surface area (Å²) >= 11 is 0. The van der Waals surface area contributed by atoms with E-state index in [-0.39, 0.29) is 0 Å². The predicted molar refractivity (Wildman–Crippen MR) is 52.0 cm³/mol. The molecule has 1 heterocycles. The van der Waals surface area contributed by atoms with Crippen LogP contribution in [-0.2, 0) is 4.74 Å². The first-order valence-electron chi connectivity index (χ1n) is 5.44. The van der Waals surface area contributed by atoms with Crippen molar-refractivity contribution in [3.8, 4) is 0 Å². The Labute approximate surface area is 80.0 Å². The highest BCUT2D eigenvalue weighted by Gasteiger charge is 2.30. The highest BCUT2D eigenvalue weighted by molar-refractivity contribution is 4.84. The fourth-order valence-electron chi connectivity index (χ4n) is 2.19. The second kappa shape index (κ2) is 4.40. The van der Waals surface area contributed by atoms with Crippen LogP contribution in [-0.4, -0.2) is 19.3 Å². The molecule has 0 aromatic rings. The van der Waals surface area contributed by atoms with Crippen LogP contribution in [0, 0.1) is 11.8 Å². The van der Waals surface area contributed by atoms with Gasteiger partial charge in [-0.2, -0.15) is 0 Å². The van der Waals surface area contributed by atoms with Gasteiger partial charge in [-0.1, -0.05) is 12.8 Å². The molecule has 1 aliphatic heterocycles. The summed E-state index contributed by atoms with van der Waals surface area (Å²) in [5.74, 6) is 7.17. The van der Waals surface area contributed by atoms with Gasteiger partial charge in [0.05, 0.1) is 6.61 Å². The maximum absolute atomic E-state index is 5.57. The molecule has 76 valence electrons. The SMILES string of the molecule is NNC(CC1CC1)C1CCCOC1. The van der Waals surface area contributed by atoms with Crippen LogP contribution >= 0.6 is 0 Å². The summed E-state index contributed by atoms with van der Waals surface area (Å²) in [6, 6.07) is 0.493. The topological polar surface area (TPSA) is 47.3 Å². The molecule has 1 aliphatic carbocycles. The molecule has 13 heavy (non-hydrogen) atoms. The summed E-state index contributed by atoms with van der Waals surface area (Å²) in [5, 5.41) is 0. The van der Waals surface area contributed by atoms with Gasteiger partial charge in [0.1, 0.15) is 0 Å². The zero-order chi connectivity index (χ0) is 9.10. The minimum atomic E-state index is 0.493. The summed E-state index contributed by atoms with van der Waals surface area (Å²) < 4.78 is 5.47. The van der Waals surface area contributed by atoms with Gasteiger partial charge >= 0.3 is 0 Å². The van der Waals surface area contributed by atoms with Gasteiger partial charge < -0.3 is 4.74 Å². The fourth-order valence-corrected chi connectivity index (χ4v) is 2.19. The Bertz CT molecular complexity index is 153. The van der Waals surface area contributed by atoms with Gasteiger partial charge in [0.15, 0.2) is 0 Å². The third-order valence-electron chi connectivity index (χ3n) is 3.26. The van der Waals surface area contributed by atoms with E-state index in [2.05, 4.69) is 5.43 Å². The van der Waals surface area contributed by atoms with Gasteiger partial charge in [0.25, 0.3) is 0 Å². The molecule has 3 nitrogen and oxygen atoms in total. The zero-order valence-corrected chi connectivity index (χ0v) is 8.17. The molecule has 0 spiro atoms. The average molecular weight is 184 g/mol. The van der Waals surface area contributed by atoms with Gasteiger partial charge in [-0.25, -0.2) is 0 Å². The second-order valence-electron chi connectivity index (χ2n) is 4.43. The summed E-state index contributed by atoms with van der Waals surface area (Å²) in [7, 11) is 0. The molecule has 2 aliphatic rings. The third kappa shape index (κ3) is 2.66. The smallest absolute Gasteiger partial charge is 0.0509 e. The van der Waals surface area contributed by atoms with Crippen molar-refractivity contribution in [1.82, 2.24) is 5.43 Å². The van der Waals surface area contributed by atoms with Gasteiger partial charge in [-0.3, -0.25) is 11.3 Å². The Morgan fingerprint density at radius 1 is 1.38 bits per heavy atom. The van der Waals surface area contributed by atoms with Crippen molar-refractivity contribution in [3.05, 3.63) is 0 Å². The van der Waals surface area contributed by atoms with Gasteiger partial charge in [0, 0.05) is 12.6 Å². The van der Waals surface area contributed by atoms with Gasteiger partial charge in [-0.15, -0.1) is 0 Å². The monoisotopic (exact) mass is 184 g/mol. The molecular formula is C10H20N2O. The number of rotatable bonds is 4. The molecule has 0 aromatic carbocycles. The number of hydrogen-bond acceptors (Lipinski definition) is 3. The molecule has 0 bridgehead atoms. The van der Waals surface area contributed by atoms with Gasteiger partial charge in [0.2, 0.25) is 0 Å². The minimum Gasteiger partial charge on any atom is -0.381 e. The predicted octanol–water partition coefficient (Wildman–Crippen LogP) is 1.04. The number of hydrogen-bond donors (Lipinski definition) is 2. The standard InChI is InChI=1S/C10H20N2O/c11-12-10(6-8-3-4-8)9-2-1-5-13-7-9/h8-10,12H,1-7,11H2. The lowest BCUT2D eigenvalue weighted by molar-refractivity contribution is 0.0370. The van der Waals surface area contributed by atoms with Crippen LogP contribution in [0.2, 0.25) is 0 Å². The zero-order valence-electron chi connectivity index (χ0n) is 8.17. The molecule has 1 saturated carbocycles. The van der Waals surface area contributed by atoms with E-state index in [4.69, 9.17) is 10.6 Å². The Hall–Kier alpha value is -0.120. The molecule has 0 amide bonds. The Balaban J connectivity index is 1.78. The van der Waals surface area contributed by atoms with E-state index < -0.39 is 0 Å². The minimum absolute atomic E-state index is 0.493. The van der Waals surface area contributed by atoms with Crippen molar-refractivity contribution in [3.63, 3.8) is 0 Å². The van der Waals surface area contributed by atoms with Crippen LogP contribution < -0.4 is 11.3 Å². The van der Waals surface area contributed by atoms with E-state index in [1.54, 1.807) is 0 Å². The first-order chi connectivity index (χ1) is 6.40. The lowest BCUT2D eigenvalue weighted by atomic mass is 9.91. The van der Waals surface area contributed by atoms with E-state index in [9.17, 15) is 0 Å². The summed E-state index contributed by atoms with van der Waals surface area (Å²) in [6.07, 6.45) is 6.55. The molecule has 3 heteroatoms. The number of nitrogens with one attached hydrogen (secondary N) is 1. The first kappa shape index (κ1) is 9.44. The van der Waals surface area contributed by atoms with Crippen LogP contribution in [0.25, 0.3) is 0 Å². The molecule has 2 rings (SSSR count). The molecule has 3 N–H and O–H groups in total. The van der Waals surface area contributed by atoms with E-state index in [0.29, 0.717) is 12.0 Å². The van der Waals surface area contributed by atoms with Crippen LogP contribution in [0.1, 0.15) is 32.1 Å².